The number of para-hydroxylation sites is 2. The summed E-state index contributed by atoms with van der Waals surface area (Å²) in [4.78, 5) is 17.3. The summed E-state index contributed by atoms with van der Waals surface area (Å²) in [6.07, 6.45) is 1.48. The van der Waals surface area contributed by atoms with E-state index >= 15 is 0 Å². The smallest absolute Gasteiger partial charge is 0.250 e. The first-order valence-electron chi connectivity index (χ1n) is 11.0. The second-order valence-corrected chi connectivity index (χ2v) is 9.00. The number of hydrogen-bond acceptors (Lipinski definition) is 7. The molecule has 0 fully saturated rings. The molecule has 1 aromatic heterocycles. The van der Waals surface area contributed by atoms with Gasteiger partial charge in [0.2, 0.25) is 0 Å². The number of thioether (sulfide) groups is 1. The molecule has 0 unspecified atom stereocenters. The number of halogens is 1. The van der Waals surface area contributed by atoms with Crippen LogP contribution in [0.2, 0.25) is 5.02 Å². The van der Waals surface area contributed by atoms with Gasteiger partial charge in [-0.1, -0.05) is 47.6 Å². The van der Waals surface area contributed by atoms with Crippen LogP contribution in [0.4, 0.5) is 0 Å². The van der Waals surface area contributed by atoms with Crippen molar-refractivity contribution in [3.05, 3.63) is 76.8 Å². The Balaban J connectivity index is 1.46. The van der Waals surface area contributed by atoms with E-state index in [9.17, 15) is 4.79 Å². The fraction of sp³-hybridized carbons (Fsp3) is 0.192. The van der Waals surface area contributed by atoms with Crippen LogP contribution in [0.3, 0.4) is 0 Å². The van der Waals surface area contributed by atoms with Crippen LogP contribution in [-0.4, -0.2) is 48.8 Å². The quantitative estimate of drug-likeness (QED) is 0.178. The number of ether oxygens (including phenoxy) is 3. The molecule has 0 spiro atoms. The van der Waals surface area contributed by atoms with Crippen molar-refractivity contribution in [3.8, 4) is 17.2 Å². The Hall–Kier alpha value is -3.69. The zero-order valence-electron chi connectivity index (χ0n) is 20.0. The summed E-state index contributed by atoms with van der Waals surface area (Å²) in [5.41, 5.74) is 6.08. The van der Waals surface area contributed by atoms with Gasteiger partial charge in [0, 0.05) is 17.2 Å². The molecule has 0 atom stereocenters. The van der Waals surface area contributed by atoms with Gasteiger partial charge < -0.3 is 18.8 Å². The molecule has 4 rings (SSSR count). The van der Waals surface area contributed by atoms with Crippen LogP contribution >= 0.6 is 23.4 Å². The standard InChI is InChI=1S/C26H25ClN4O4S/c1-33-19-12-23(34-2)20(24(13-19)35-3)14-28-30-25(32)16-36-26-29-21-6-4-5-7-22(21)31(26)15-17-8-10-18(27)11-9-17/h4-14H,15-16H2,1-3H3,(H,30,32)/b28-14-. The summed E-state index contributed by atoms with van der Waals surface area (Å²) in [7, 11) is 4.64. The van der Waals surface area contributed by atoms with E-state index < -0.39 is 0 Å². The highest BCUT2D eigenvalue weighted by Gasteiger charge is 2.14. The van der Waals surface area contributed by atoms with Crippen molar-refractivity contribution >= 4 is 46.5 Å². The number of nitrogens with zero attached hydrogens (tertiary/aromatic N) is 3. The normalized spacial score (nSPS) is 11.1. The zero-order valence-corrected chi connectivity index (χ0v) is 21.6. The summed E-state index contributed by atoms with van der Waals surface area (Å²) in [6, 6.07) is 19.0. The molecule has 0 bridgehead atoms. The van der Waals surface area contributed by atoms with E-state index in [0.29, 0.717) is 34.4 Å². The van der Waals surface area contributed by atoms with E-state index in [1.54, 1.807) is 19.2 Å². The van der Waals surface area contributed by atoms with Crippen molar-refractivity contribution in [2.45, 2.75) is 11.7 Å². The molecule has 0 aliphatic heterocycles. The second kappa shape index (κ2) is 11.8. The second-order valence-electron chi connectivity index (χ2n) is 7.62. The Bertz CT molecular complexity index is 1360. The van der Waals surface area contributed by atoms with Crippen molar-refractivity contribution in [2.75, 3.05) is 27.1 Å². The van der Waals surface area contributed by atoms with E-state index in [1.807, 2.05) is 48.5 Å². The molecule has 186 valence electrons. The molecular formula is C26H25ClN4O4S. The maximum absolute atomic E-state index is 12.6. The summed E-state index contributed by atoms with van der Waals surface area (Å²) in [6.45, 7) is 0.608. The molecule has 0 saturated heterocycles. The lowest BCUT2D eigenvalue weighted by atomic mass is 10.2. The Morgan fingerprint density at radius 2 is 1.75 bits per heavy atom. The number of rotatable bonds is 10. The average Bonchev–Trinajstić information content (AvgIpc) is 3.25. The molecule has 10 heteroatoms. The number of carbonyl (C=O) groups is 1. The molecule has 1 amide bonds. The minimum atomic E-state index is -0.271. The van der Waals surface area contributed by atoms with Crippen LogP contribution in [0.1, 0.15) is 11.1 Å². The molecule has 1 N–H and O–H groups in total. The first-order valence-corrected chi connectivity index (χ1v) is 12.3. The first-order chi connectivity index (χ1) is 17.5. The topological polar surface area (TPSA) is 87.0 Å². The molecule has 1 heterocycles. The minimum absolute atomic E-state index is 0.137. The number of nitrogens with one attached hydrogen (secondary N) is 1. The van der Waals surface area contributed by atoms with Gasteiger partial charge in [-0.05, 0) is 29.8 Å². The van der Waals surface area contributed by atoms with Crippen LogP contribution in [0.15, 0.2) is 70.9 Å². The number of amides is 1. The highest BCUT2D eigenvalue weighted by molar-refractivity contribution is 7.99. The number of methoxy groups -OCH3 is 3. The van der Waals surface area contributed by atoms with E-state index in [0.717, 1.165) is 21.8 Å². The van der Waals surface area contributed by atoms with Crippen LogP contribution < -0.4 is 19.6 Å². The lowest BCUT2D eigenvalue weighted by Gasteiger charge is -2.12. The molecule has 3 aromatic carbocycles. The lowest BCUT2D eigenvalue weighted by molar-refractivity contribution is -0.118. The third-order valence-electron chi connectivity index (χ3n) is 5.34. The third kappa shape index (κ3) is 5.92. The van der Waals surface area contributed by atoms with Crippen molar-refractivity contribution in [3.63, 3.8) is 0 Å². The summed E-state index contributed by atoms with van der Waals surface area (Å²) in [5.74, 6) is 1.47. The first kappa shape index (κ1) is 25.4. The molecule has 4 aromatic rings. The van der Waals surface area contributed by atoms with Gasteiger partial charge in [-0.3, -0.25) is 4.79 Å². The number of aromatic nitrogens is 2. The van der Waals surface area contributed by atoms with Crippen LogP contribution in [0.25, 0.3) is 11.0 Å². The third-order valence-corrected chi connectivity index (χ3v) is 6.57. The molecule has 0 aliphatic carbocycles. The Morgan fingerprint density at radius 1 is 1.06 bits per heavy atom. The highest BCUT2D eigenvalue weighted by Crippen LogP contribution is 2.32. The Kier molecular flexibility index (Phi) is 8.35. The van der Waals surface area contributed by atoms with Crippen molar-refractivity contribution < 1.29 is 19.0 Å². The maximum Gasteiger partial charge on any atom is 0.250 e. The average molecular weight is 525 g/mol. The van der Waals surface area contributed by atoms with Gasteiger partial charge in [-0.15, -0.1) is 0 Å². The number of hydrazone groups is 1. The lowest BCUT2D eigenvalue weighted by Crippen LogP contribution is -2.20. The monoisotopic (exact) mass is 524 g/mol. The van der Waals surface area contributed by atoms with Gasteiger partial charge in [0.1, 0.15) is 17.2 Å². The van der Waals surface area contributed by atoms with Crippen molar-refractivity contribution in [1.29, 1.82) is 0 Å². The summed E-state index contributed by atoms with van der Waals surface area (Å²) < 4.78 is 18.2. The minimum Gasteiger partial charge on any atom is -0.496 e. The number of benzene rings is 3. The summed E-state index contributed by atoms with van der Waals surface area (Å²) >= 11 is 7.38. The van der Waals surface area contributed by atoms with E-state index in [-0.39, 0.29) is 11.7 Å². The van der Waals surface area contributed by atoms with E-state index in [2.05, 4.69) is 15.1 Å². The number of carbonyl (C=O) groups excluding carboxylic acids is 1. The van der Waals surface area contributed by atoms with Gasteiger partial charge in [-0.2, -0.15) is 5.10 Å². The predicted molar refractivity (Wildman–Crippen MR) is 143 cm³/mol. The molecule has 8 nitrogen and oxygen atoms in total. The molecule has 0 saturated carbocycles. The van der Waals surface area contributed by atoms with Gasteiger partial charge in [-0.25, -0.2) is 10.4 Å². The van der Waals surface area contributed by atoms with Gasteiger partial charge in [0.15, 0.2) is 5.16 Å². The molecular weight excluding hydrogens is 500 g/mol. The highest BCUT2D eigenvalue weighted by atomic mass is 35.5. The number of imidazole rings is 1. The van der Waals surface area contributed by atoms with Crippen LogP contribution in [-0.2, 0) is 11.3 Å². The van der Waals surface area contributed by atoms with Crippen LogP contribution in [0.5, 0.6) is 17.2 Å². The van der Waals surface area contributed by atoms with E-state index in [4.69, 9.17) is 30.8 Å². The van der Waals surface area contributed by atoms with E-state index in [1.165, 1.54) is 32.2 Å². The Labute approximate surface area is 218 Å². The zero-order chi connectivity index (χ0) is 25.5. The molecule has 0 radical (unpaired) electrons. The fourth-order valence-electron chi connectivity index (χ4n) is 3.58. The SMILES string of the molecule is COc1cc(OC)c(/C=N\NC(=O)CSc2nc3ccccc3n2Cc2ccc(Cl)cc2)c(OC)c1. The predicted octanol–water partition coefficient (Wildman–Crippen LogP) is 5.01. The fourth-order valence-corrected chi connectivity index (χ4v) is 4.51. The van der Waals surface area contributed by atoms with Crippen LogP contribution in [0, 0.1) is 0 Å². The number of fused-ring (bicyclic) bond motifs is 1. The number of hydrogen-bond donors (Lipinski definition) is 1. The van der Waals surface area contributed by atoms with Gasteiger partial charge >= 0.3 is 0 Å². The molecule has 0 aliphatic rings. The van der Waals surface area contributed by atoms with Gasteiger partial charge in [0.25, 0.3) is 5.91 Å². The van der Waals surface area contributed by atoms with Crippen molar-refractivity contribution in [2.24, 2.45) is 5.10 Å². The molecule has 36 heavy (non-hydrogen) atoms. The largest absolute Gasteiger partial charge is 0.496 e. The summed E-state index contributed by atoms with van der Waals surface area (Å²) in [5, 5.41) is 5.51. The maximum atomic E-state index is 12.6. The van der Waals surface area contributed by atoms with Crippen molar-refractivity contribution in [1.82, 2.24) is 15.0 Å². The Morgan fingerprint density at radius 3 is 2.42 bits per heavy atom. The van der Waals surface area contributed by atoms with Gasteiger partial charge in [0.05, 0.1) is 56.4 Å².